The molecule has 2 N–H and O–H groups in total. The molecule has 1 heterocycles. The van der Waals surface area contributed by atoms with Crippen LogP contribution >= 0.6 is 0 Å². The molecular weight excluding hydrogens is 205 g/mol. The summed E-state index contributed by atoms with van der Waals surface area (Å²) >= 11 is 0. The normalized spacial score (nSPS) is 22.9. The lowest BCUT2D eigenvalue weighted by Crippen LogP contribution is -2.34. The first kappa shape index (κ1) is 11.4. The van der Waals surface area contributed by atoms with E-state index in [9.17, 15) is 4.39 Å². The zero-order valence-electron chi connectivity index (χ0n) is 9.32. The van der Waals surface area contributed by atoms with Crippen LogP contribution in [0.25, 0.3) is 0 Å². The Morgan fingerprint density at radius 3 is 2.69 bits per heavy atom. The molecule has 2 rings (SSSR count). The zero-order chi connectivity index (χ0) is 11.4. The van der Waals surface area contributed by atoms with E-state index in [0.29, 0.717) is 18.0 Å². The maximum atomic E-state index is 13.9. The Balaban J connectivity index is 1.91. The first-order chi connectivity index (χ1) is 7.75. The molecule has 0 amide bonds. The SMILES string of the molecule is Oc1ccc(C(F)CC2CCCCN2)cc1. The second kappa shape index (κ2) is 5.30. The lowest BCUT2D eigenvalue weighted by molar-refractivity contribution is 0.260. The first-order valence-corrected chi connectivity index (χ1v) is 5.92. The van der Waals surface area contributed by atoms with Crippen LogP contribution in [0.5, 0.6) is 5.75 Å². The van der Waals surface area contributed by atoms with Gasteiger partial charge in [0, 0.05) is 6.04 Å². The Morgan fingerprint density at radius 1 is 1.31 bits per heavy atom. The molecule has 16 heavy (non-hydrogen) atoms. The van der Waals surface area contributed by atoms with Crippen LogP contribution in [0.15, 0.2) is 24.3 Å². The molecule has 2 nitrogen and oxygen atoms in total. The van der Waals surface area contributed by atoms with E-state index in [0.717, 1.165) is 13.0 Å². The van der Waals surface area contributed by atoms with E-state index in [1.165, 1.54) is 25.0 Å². The van der Waals surface area contributed by atoms with Gasteiger partial charge in [0.1, 0.15) is 11.9 Å². The van der Waals surface area contributed by atoms with Crippen molar-refractivity contribution in [2.24, 2.45) is 0 Å². The number of phenols is 1. The number of piperidine rings is 1. The number of alkyl halides is 1. The van der Waals surface area contributed by atoms with Gasteiger partial charge in [0.05, 0.1) is 0 Å². The van der Waals surface area contributed by atoms with Crippen molar-refractivity contribution >= 4 is 0 Å². The minimum absolute atomic E-state index is 0.187. The second-order valence-electron chi connectivity index (χ2n) is 4.44. The fourth-order valence-corrected chi connectivity index (χ4v) is 2.19. The van der Waals surface area contributed by atoms with Crippen LogP contribution < -0.4 is 5.32 Å². The third-order valence-electron chi connectivity index (χ3n) is 3.16. The summed E-state index contributed by atoms with van der Waals surface area (Å²) < 4.78 is 13.9. The highest BCUT2D eigenvalue weighted by Gasteiger charge is 2.19. The lowest BCUT2D eigenvalue weighted by Gasteiger charge is -2.24. The smallest absolute Gasteiger partial charge is 0.127 e. The third-order valence-corrected chi connectivity index (χ3v) is 3.16. The summed E-state index contributed by atoms with van der Waals surface area (Å²) in [5, 5.41) is 12.5. The number of nitrogens with one attached hydrogen (secondary N) is 1. The van der Waals surface area contributed by atoms with Crippen molar-refractivity contribution in [3.05, 3.63) is 29.8 Å². The van der Waals surface area contributed by atoms with Crippen molar-refractivity contribution in [2.45, 2.75) is 37.9 Å². The maximum absolute atomic E-state index is 13.9. The van der Waals surface area contributed by atoms with Crippen LogP contribution in [0, 0.1) is 0 Å². The summed E-state index contributed by atoms with van der Waals surface area (Å²) in [5.74, 6) is 0.187. The van der Waals surface area contributed by atoms with E-state index in [1.54, 1.807) is 12.1 Å². The van der Waals surface area contributed by atoms with Crippen molar-refractivity contribution in [1.29, 1.82) is 0 Å². The molecule has 1 aliphatic rings. The van der Waals surface area contributed by atoms with Gasteiger partial charge in [-0.3, -0.25) is 0 Å². The highest BCUT2D eigenvalue weighted by Crippen LogP contribution is 2.26. The Labute approximate surface area is 95.5 Å². The summed E-state index contributed by atoms with van der Waals surface area (Å²) in [7, 11) is 0. The number of hydrogen-bond donors (Lipinski definition) is 2. The van der Waals surface area contributed by atoms with E-state index >= 15 is 0 Å². The van der Waals surface area contributed by atoms with E-state index in [1.807, 2.05) is 0 Å². The number of phenolic OH excluding ortho intramolecular Hbond substituents is 1. The van der Waals surface area contributed by atoms with Gasteiger partial charge in [-0.05, 0) is 43.5 Å². The van der Waals surface area contributed by atoms with Crippen LogP contribution in [0.4, 0.5) is 4.39 Å². The Morgan fingerprint density at radius 2 is 2.06 bits per heavy atom. The fraction of sp³-hybridized carbons (Fsp3) is 0.538. The first-order valence-electron chi connectivity index (χ1n) is 5.92. The fourth-order valence-electron chi connectivity index (χ4n) is 2.19. The van der Waals surface area contributed by atoms with Gasteiger partial charge in [-0.25, -0.2) is 4.39 Å². The molecule has 0 spiro atoms. The van der Waals surface area contributed by atoms with Crippen molar-refractivity contribution in [2.75, 3.05) is 6.54 Å². The van der Waals surface area contributed by atoms with Crippen molar-refractivity contribution in [1.82, 2.24) is 5.32 Å². The molecule has 1 saturated heterocycles. The summed E-state index contributed by atoms with van der Waals surface area (Å²) in [5.41, 5.74) is 0.658. The molecule has 0 aliphatic carbocycles. The minimum atomic E-state index is -0.934. The predicted molar refractivity (Wildman–Crippen MR) is 62.2 cm³/mol. The van der Waals surface area contributed by atoms with Gasteiger partial charge in [0.2, 0.25) is 0 Å². The molecule has 1 aromatic carbocycles. The molecule has 2 unspecified atom stereocenters. The average molecular weight is 223 g/mol. The molecule has 0 saturated carbocycles. The second-order valence-corrected chi connectivity index (χ2v) is 4.44. The molecule has 2 atom stereocenters. The predicted octanol–water partition coefficient (Wildman–Crippen LogP) is 2.94. The van der Waals surface area contributed by atoms with E-state index < -0.39 is 6.17 Å². The van der Waals surface area contributed by atoms with Gasteiger partial charge in [-0.15, -0.1) is 0 Å². The summed E-state index contributed by atoms with van der Waals surface area (Å²) in [4.78, 5) is 0. The van der Waals surface area contributed by atoms with Crippen LogP contribution in [0.3, 0.4) is 0 Å². The number of benzene rings is 1. The van der Waals surface area contributed by atoms with Crippen molar-refractivity contribution < 1.29 is 9.50 Å². The largest absolute Gasteiger partial charge is 0.508 e. The van der Waals surface area contributed by atoms with E-state index in [2.05, 4.69) is 5.32 Å². The van der Waals surface area contributed by atoms with Crippen LogP contribution in [-0.2, 0) is 0 Å². The molecule has 3 heteroatoms. The van der Waals surface area contributed by atoms with Crippen LogP contribution in [0.1, 0.15) is 37.4 Å². The highest BCUT2D eigenvalue weighted by atomic mass is 19.1. The average Bonchev–Trinajstić information content (AvgIpc) is 2.31. The minimum Gasteiger partial charge on any atom is -0.508 e. The molecule has 1 aliphatic heterocycles. The quantitative estimate of drug-likeness (QED) is 0.825. The molecule has 1 fully saturated rings. The third kappa shape index (κ3) is 2.95. The monoisotopic (exact) mass is 223 g/mol. The van der Waals surface area contributed by atoms with Gasteiger partial charge >= 0.3 is 0 Å². The molecule has 0 bridgehead atoms. The van der Waals surface area contributed by atoms with E-state index in [4.69, 9.17) is 5.11 Å². The number of hydrogen-bond acceptors (Lipinski definition) is 2. The number of halogens is 1. The molecule has 0 radical (unpaired) electrons. The number of rotatable bonds is 3. The Bertz CT molecular complexity index is 319. The maximum Gasteiger partial charge on any atom is 0.127 e. The molecule has 88 valence electrons. The Kier molecular flexibility index (Phi) is 3.78. The van der Waals surface area contributed by atoms with E-state index in [-0.39, 0.29) is 5.75 Å². The van der Waals surface area contributed by atoms with Gasteiger partial charge < -0.3 is 10.4 Å². The van der Waals surface area contributed by atoms with Gasteiger partial charge in [-0.2, -0.15) is 0 Å². The van der Waals surface area contributed by atoms with Crippen molar-refractivity contribution in [3.63, 3.8) is 0 Å². The molecular formula is C13H18FNO. The Hall–Kier alpha value is -1.09. The topological polar surface area (TPSA) is 32.3 Å². The van der Waals surface area contributed by atoms with Gasteiger partial charge in [-0.1, -0.05) is 18.6 Å². The zero-order valence-corrected chi connectivity index (χ0v) is 9.32. The standard InChI is InChI=1S/C13H18FNO/c14-13(9-11-3-1-2-8-15-11)10-4-6-12(16)7-5-10/h4-7,11,13,15-16H,1-3,8-9H2. The summed E-state index contributed by atoms with van der Waals surface area (Å²) in [6, 6.07) is 6.69. The van der Waals surface area contributed by atoms with Crippen molar-refractivity contribution in [3.8, 4) is 5.75 Å². The van der Waals surface area contributed by atoms with Crippen LogP contribution in [0.2, 0.25) is 0 Å². The highest BCUT2D eigenvalue weighted by molar-refractivity contribution is 5.27. The van der Waals surface area contributed by atoms with Gasteiger partial charge in [0.15, 0.2) is 0 Å². The van der Waals surface area contributed by atoms with Crippen LogP contribution in [-0.4, -0.2) is 17.7 Å². The lowest BCUT2D eigenvalue weighted by atomic mass is 9.97. The molecule has 0 aromatic heterocycles. The summed E-state index contributed by atoms with van der Waals surface area (Å²) in [6.45, 7) is 1.01. The van der Waals surface area contributed by atoms with Gasteiger partial charge in [0.25, 0.3) is 0 Å². The number of aromatic hydroxyl groups is 1. The molecule has 1 aromatic rings. The summed E-state index contributed by atoms with van der Waals surface area (Å²) in [6.07, 6.45) is 3.06.